The largest absolute Gasteiger partial charge is 0.481 e. The Morgan fingerprint density at radius 3 is 2.43 bits per heavy atom. The zero-order chi connectivity index (χ0) is 20.2. The normalized spacial score (nSPS) is 13.8. The van der Waals surface area contributed by atoms with Crippen LogP contribution in [-0.4, -0.2) is 42.9 Å². The maximum absolute atomic E-state index is 5.85. The lowest BCUT2D eigenvalue weighted by molar-refractivity contribution is 0.122. The third-order valence-corrected chi connectivity index (χ3v) is 5.10. The molecule has 0 radical (unpaired) electrons. The molecule has 2 heterocycles. The van der Waals surface area contributed by atoms with Crippen LogP contribution in [0, 0.1) is 11.8 Å². The molecule has 5 rings (SSSR count). The molecule has 3 aromatic carbocycles. The summed E-state index contributed by atoms with van der Waals surface area (Å²) >= 11 is 0. The maximum Gasteiger partial charge on any atom is 0.164 e. The first-order valence-electron chi connectivity index (χ1n) is 10.1. The number of para-hydroxylation sites is 2. The van der Waals surface area contributed by atoms with Crippen LogP contribution in [0.3, 0.4) is 0 Å². The van der Waals surface area contributed by atoms with Gasteiger partial charge >= 0.3 is 0 Å². The first kappa shape index (κ1) is 18.4. The van der Waals surface area contributed by atoms with Gasteiger partial charge in [-0.25, -0.2) is 9.97 Å². The van der Waals surface area contributed by atoms with Crippen molar-refractivity contribution in [1.82, 2.24) is 9.97 Å². The highest BCUT2D eigenvalue weighted by Crippen LogP contribution is 2.22. The predicted molar refractivity (Wildman–Crippen MR) is 119 cm³/mol. The second kappa shape index (κ2) is 8.40. The highest BCUT2D eigenvalue weighted by molar-refractivity contribution is 5.83. The Morgan fingerprint density at radius 1 is 0.867 bits per heavy atom. The van der Waals surface area contributed by atoms with Gasteiger partial charge in [0.2, 0.25) is 0 Å². The summed E-state index contributed by atoms with van der Waals surface area (Å²) in [4.78, 5) is 11.8. The molecular formula is C25H21N3O2. The van der Waals surface area contributed by atoms with Crippen molar-refractivity contribution in [3.05, 3.63) is 72.4 Å². The number of nitrogens with zero attached hydrogens (tertiary/aromatic N) is 3. The summed E-state index contributed by atoms with van der Waals surface area (Å²) in [6.07, 6.45) is 0. The molecule has 1 aromatic heterocycles. The lowest BCUT2D eigenvalue weighted by Gasteiger charge is -2.28. The van der Waals surface area contributed by atoms with Gasteiger partial charge in [-0.2, -0.15) is 0 Å². The fourth-order valence-electron chi connectivity index (χ4n) is 3.57. The van der Waals surface area contributed by atoms with Crippen molar-refractivity contribution in [1.29, 1.82) is 0 Å². The number of rotatable bonds is 3. The van der Waals surface area contributed by atoms with Crippen molar-refractivity contribution in [3.8, 4) is 17.6 Å². The van der Waals surface area contributed by atoms with Gasteiger partial charge in [-0.1, -0.05) is 48.4 Å². The number of benzene rings is 3. The molecular weight excluding hydrogens is 374 g/mol. The Morgan fingerprint density at radius 2 is 1.60 bits per heavy atom. The summed E-state index contributed by atoms with van der Waals surface area (Å²) in [5, 5.41) is 2.34. The summed E-state index contributed by atoms with van der Waals surface area (Å²) in [5.74, 6) is 7.91. The zero-order valence-electron chi connectivity index (χ0n) is 16.5. The molecule has 0 bridgehead atoms. The Bertz CT molecular complexity index is 1250. The van der Waals surface area contributed by atoms with Crippen LogP contribution < -0.4 is 9.64 Å². The van der Waals surface area contributed by atoms with Gasteiger partial charge in [0.25, 0.3) is 0 Å². The van der Waals surface area contributed by atoms with Gasteiger partial charge in [0, 0.05) is 13.1 Å². The van der Waals surface area contributed by atoms with Crippen molar-refractivity contribution >= 4 is 27.6 Å². The zero-order valence-corrected chi connectivity index (χ0v) is 16.5. The van der Waals surface area contributed by atoms with Gasteiger partial charge in [-0.3, -0.25) is 0 Å². The maximum atomic E-state index is 5.85. The topological polar surface area (TPSA) is 47.5 Å². The van der Waals surface area contributed by atoms with Crippen LogP contribution in [0.15, 0.2) is 66.7 Å². The van der Waals surface area contributed by atoms with Crippen LogP contribution in [0.2, 0.25) is 0 Å². The minimum Gasteiger partial charge on any atom is -0.481 e. The number of hydrogen-bond donors (Lipinski definition) is 0. The van der Waals surface area contributed by atoms with Crippen LogP contribution in [0.1, 0.15) is 5.69 Å². The van der Waals surface area contributed by atoms with E-state index in [0.717, 1.165) is 41.1 Å². The Balaban J connectivity index is 1.39. The SMILES string of the molecule is C(#Cc1nc2ccccc2nc1N1CCOCC1)COc1ccc2ccccc2c1. The molecule has 148 valence electrons. The van der Waals surface area contributed by atoms with Crippen molar-refractivity contribution in [2.75, 3.05) is 37.8 Å². The average molecular weight is 395 g/mol. The van der Waals surface area contributed by atoms with Crippen molar-refractivity contribution < 1.29 is 9.47 Å². The van der Waals surface area contributed by atoms with E-state index in [4.69, 9.17) is 19.4 Å². The predicted octanol–water partition coefficient (Wildman–Crippen LogP) is 4.05. The van der Waals surface area contributed by atoms with Crippen molar-refractivity contribution in [3.63, 3.8) is 0 Å². The van der Waals surface area contributed by atoms with Gasteiger partial charge < -0.3 is 14.4 Å². The molecule has 1 aliphatic heterocycles. The van der Waals surface area contributed by atoms with Gasteiger partial charge in [0.15, 0.2) is 11.5 Å². The van der Waals surface area contributed by atoms with Gasteiger partial charge in [0.1, 0.15) is 12.4 Å². The minimum absolute atomic E-state index is 0.287. The molecule has 0 amide bonds. The number of aromatic nitrogens is 2. The van der Waals surface area contributed by atoms with Gasteiger partial charge in [-0.15, -0.1) is 0 Å². The van der Waals surface area contributed by atoms with Crippen LogP contribution in [-0.2, 0) is 4.74 Å². The van der Waals surface area contributed by atoms with Crippen LogP contribution >= 0.6 is 0 Å². The summed E-state index contributed by atoms with van der Waals surface area (Å²) < 4.78 is 11.3. The Labute approximate surface area is 175 Å². The van der Waals surface area contributed by atoms with E-state index >= 15 is 0 Å². The lowest BCUT2D eigenvalue weighted by Crippen LogP contribution is -2.37. The summed E-state index contributed by atoms with van der Waals surface area (Å²) in [6.45, 7) is 3.23. The summed E-state index contributed by atoms with van der Waals surface area (Å²) in [6, 6.07) is 22.2. The first-order valence-corrected chi connectivity index (χ1v) is 10.1. The molecule has 0 saturated carbocycles. The Kier molecular flexibility index (Phi) is 5.15. The number of morpholine rings is 1. The smallest absolute Gasteiger partial charge is 0.164 e. The second-order valence-corrected chi connectivity index (χ2v) is 7.08. The van der Waals surface area contributed by atoms with Crippen molar-refractivity contribution in [2.45, 2.75) is 0 Å². The van der Waals surface area contributed by atoms with Crippen LogP contribution in [0.5, 0.6) is 5.75 Å². The fourth-order valence-corrected chi connectivity index (χ4v) is 3.57. The standard InChI is InChI=1S/C25H21N3O2/c1-2-7-20-18-21(12-11-19(20)6-1)30-15-5-10-24-25(28-13-16-29-17-14-28)27-23-9-4-3-8-22(23)26-24/h1-4,6-9,11-12,18H,13-17H2. The van der Waals surface area contributed by atoms with E-state index in [1.54, 1.807) is 0 Å². The molecule has 5 heteroatoms. The second-order valence-electron chi connectivity index (χ2n) is 7.08. The summed E-state index contributed by atoms with van der Waals surface area (Å²) in [7, 11) is 0. The molecule has 0 N–H and O–H groups in total. The summed E-state index contributed by atoms with van der Waals surface area (Å²) in [5.41, 5.74) is 2.39. The van der Waals surface area contributed by atoms with Gasteiger partial charge in [-0.05, 0) is 41.0 Å². The van der Waals surface area contributed by atoms with E-state index in [-0.39, 0.29) is 6.61 Å². The molecule has 0 unspecified atom stereocenters. The van der Waals surface area contributed by atoms with Crippen molar-refractivity contribution in [2.24, 2.45) is 0 Å². The van der Waals surface area contributed by atoms with Crippen LogP contribution in [0.25, 0.3) is 21.8 Å². The fraction of sp³-hybridized carbons (Fsp3) is 0.200. The Hall–Kier alpha value is -3.62. The van der Waals surface area contributed by atoms with E-state index in [9.17, 15) is 0 Å². The number of fused-ring (bicyclic) bond motifs is 2. The molecule has 1 aliphatic rings. The molecule has 4 aromatic rings. The third-order valence-electron chi connectivity index (χ3n) is 5.10. The highest BCUT2D eigenvalue weighted by Gasteiger charge is 2.17. The number of ether oxygens (including phenoxy) is 2. The third kappa shape index (κ3) is 3.91. The van der Waals surface area contributed by atoms with E-state index in [1.165, 1.54) is 5.39 Å². The number of hydrogen-bond acceptors (Lipinski definition) is 5. The molecule has 1 fully saturated rings. The number of anilines is 1. The molecule has 5 nitrogen and oxygen atoms in total. The first-order chi connectivity index (χ1) is 14.9. The van der Waals surface area contributed by atoms with Crippen LogP contribution in [0.4, 0.5) is 5.82 Å². The molecule has 0 aliphatic carbocycles. The molecule has 0 spiro atoms. The minimum atomic E-state index is 0.287. The highest BCUT2D eigenvalue weighted by atomic mass is 16.5. The average Bonchev–Trinajstić information content (AvgIpc) is 2.82. The van der Waals surface area contributed by atoms with E-state index in [0.29, 0.717) is 18.9 Å². The molecule has 1 saturated heterocycles. The molecule has 0 atom stereocenters. The van der Waals surface area contributed by atoms with E-state index in [1.807, 2.05) is 48.5 Å². The quantitative estimate of drug-likeness (QED) is 0.490. The van der Waals surface area contributed by atoms with E-state index in [2.05, 4.69) is 34.9 Å². The van der Waals surface area contributed by atoms with E-state index < -0.39 is 0 Å². The molecule has 30 heavy (non-hydrogen) atoms. The monoisotopic (exact) mass is 395 g/mol. The lowest BCUT2D eigenvalue weighted by atomic mass is 10.1. The van der Waals surface area contributed by atoms with Gasteiger partial charge in [0.05, 0.1) is 24.2 Å².